The Balaban J connectivity index is 1.58. The first kappa shape index (κ1) is 15.1. The summed E-state index contributed by atoms with van der Waals surface area (Å²) in [6.07, 6.45) is 2.59. The average molecular weight is 323 g/mol. The molecule has 1 atom stereocenters. The predicted octanol–water partition coefficient (Wildman–Crippen LogP) is 2.42. The molecule has 1 aliphatic rings. The van der Waals surface area contributed by atoms with Gasteiger partial charge in [0.05, 0.1) is 0 Å². The van der Waals surface area contributed by atoms with Gasteiger partial charge in [-0.15, -0.1) is 0 Å². The second kappa shape index (κ2) is 5.87. The highest BCUT2D eigenvalue weighted by atomic mass is 16.4. The fourth-order valence-corrected chi connectivity index (χ4v) is 3.45. The normalized spacial score (nSPS) is 17.9. The van der Waals surface area contributed by atoms with Gasteiger partial charge in [0.15, 0.2) is 17.2 Å². The van der Waals surface area contributed by atoms with Crippen LogP contribution >= 0.6 is 0 Å². The third kappa shape index (κ3) is 2.63. The number of aryl methyl sites for hydroxylation is 1. The van der Waals surface area contributed by atoms with E-state index in [0.29, 0.717) is 17.6 Å². The zero-order valence-corrected chi connectivity index (χ0v) is 14.2. The first-order valence-corrected chi connectivity index (χ1v) is 8.18. The molecular formula is C18H21N5O. The summed E-state index contributed by atoms with van der Waals surface area (Å²) >= 11 is 0. The molecule has 3 aromatic rings. The fraction of sp³-hybridized carbons (Fsp3) is 0.389. The molecule has 2 aromatic heterocycles. The number of fused-ring (bicyclic) bond motifs is 2. The molecule has 3 heterocycles. The van der Waals surface area contributed by atoms with Crippen molar-refractivity contribution >= 4 is 17.0 Å². The lowest BCUT2D eigenvalue weighted by Crippen LogP contribution is -2.45. The Labute approximate surface area is 141 Å². The highest BCUT2D eigenvalue weighted by molar-refractivity contribution is 5.81. The lowest BCUT2D eigenvalue weighted by Gasteiger charge is -2.36. The largest absolute Gasteiger partial charge is 0.422 e. The summed E-state index contributed by atoms with van der Waals surface area (Å²) in [5.41, 5.74) is 4.15. The van der Waals surface area contributed by atoms with E-state index in [1.165, 1.54) is 11.1 Å². The fourth-order valence-electron chi connectivity index (χ4n) is 3.45. The standard InChI is InChI=1S/C18H21N5O/c1-12-21-16-17(19-11-20-18(16)24-12)23(3)10-15-8-13-6-4-5-7-14(13)9-22(15)2/h4-7,11,15H,8-10H2,1-3H3. The van der Waals surface area contributed by atoms with E-state index in [4.69, 9.17) is 4.42 Å². The van der Waals surface area contributed by atoms with Crippen molar-refractivity contribution in [2.45, 2.75) is 25.9 Å². The molecule has 4 rings (SSSR count). The van der Waals surface area contributed by atoms with E-state index in [9.17, 15) is 0 Å². The number of nitrogens with zero attached hydrogens (tertiary/aromatic N) is 5. The van der Waals surface area contributed by atoms with Crippen LogP contribution in [0.4, 0.5) is 5.82 Å². The van der Waals surface area contributed by atoms with Gasteiger partial charge in [0.1, 0.15) is 6.33 Å². The van der Waals surface area contributed by atoms with E-state index < -0.39 is 0 Å². The maximum absolute atomic E-state index is 5.52. The molecule has 24 heavy (non-hydrogen) atoms. The number of aromatic nitrogens is 3. The molecule has 1 aliphatic heterocycles. The molecule has 124 valence electrons. The number of oxazole rings is 1. The molecule has 1 unspecified atom stereocenters. The third-order valence-electron chi connectivity index (χ3n) is 4.75. The summed E-state index contributed by atoms with van der Waals surface area (Å²) in [4.78, 5) is 17.6. The topological polar surface area (TPSA) is 58.3 Å². The minimum absolute atomic E-state index is 0.433. The van der Waals surface area contributed by atoms with Crippen molar-refractivity contribution in [2.75, 3.05) is 25.5 Å². The molecule has 0 aliphatic carbocycles. The van der Waals surface area contributed by atoms with Crippen molar-refractivity contribution in [3.8, 4) is 0 Å². The summed E-state index contributed by atoms with van der Waals surface area (Å²) in [6, 6.07) is 9.13. The van der Waals surface area contributed by atoms with Gasteiger partial charge in [0.2, 0.25) is 0 Å². The molecule has 0 N–H and O–H groups in total. The number of hydrogen-bond acceptors (Lipinski definition) is 6. The Bertz CT molecular complexity index is 875. The van der Waals surface area contributed by atoms with Crippen LogP contribution in [-0.4, -0.2) is 46.5 Å². The second-order valence-electron chi connectivity index (χ2n) is 6.51. The van der Waals surface area contributed by atoms with E-state index in [1.54, 1.807) is 6.33 Å². The first-order chi connectivity index (χ1) is 11.6. The summed E-state index contributed by atoms with van der Waals surface area (Å²) in [5.74, 6) is 1.44. The van der Waals surface area contributed by atoms with Crippen LogP contribution in [0, 0.1) is 6.92 Å². The van der Waals surface area contributed by atoms with Crippen LogP contribution in [0.1, 0.15) is 17.0 Å². The monoisotopic (exact) mass is 323 g/mol. The Kier molecular flexibility index (Phi) is 3.69. The summed E-state index contributed by atoms with van der Waals surface area (Å²) < 4.78 is 5.52. The minimum Gasteiger partial charge on any atom is -0.422 e. The van der Waals surface area contributed by atoms with Crippen LogP contribution < -0.4 is 4.90 Å². The van der Waals surface area contributed by atoms with Crippen LogP contribution in [0.3, 0.4) is 0 Å². The molecule has 0 spiro atoms. The molecule has 6 heteroatoms. The highest BCUT2D eigenvalue weighted by Gasteiger charge is 2.25. The average Bonchev–Trinajstić information content (AvgIpc) is 2.95. The predicted molar refractivity (Wildman–Crippen MR) is 93.0 cm³/mol. The maximum Gasteiger partial charge on any atom is 0.252 e. The number of anilines is 1. The molecule has 0 amide bonds. The molecule has 0 bridgehead atoms. The molecular weight excluding hydrogens is 302 g/mol. The van der Waals surface area contributed by atoms with Gasteiger partial charge in [0, 0.05) is 33.1 Å². The second-order valence-corrected chi connectivity index (χ2v) is 6.51. The Morgan fingerprint density at radius 2 is 2.04 bits per heavy atom. The Morgan fingerprint density at radius 1 is 1.25 bits per heavy atom. The summed E-state index contributed by atoms with van der Waals surface area (Å²) in [7, 11) is 4.24. The van der Waals surface area contributed by atoms with Crippen molar-refractivity contribution in [1.29, 1.82) is 0 Å². The van der Waals surface area contributed by atoms with Gasteiger partial charge in [-0.2, -0.15) is 4.98 Å². The highest BCUT2D eigenvalue weighted by Crippen LogP contribution is 2.25. The number of benzene rings is 1. The Hall–Kier alpha value is -2.47. The molecule has 0 saturated heterocycles. The van der Waals surface area contributed by atoms with Crippen molar-refractivity contribution < 1.29 is 4.42 Å². The molecule has 0 radical (unpaired) electrons. The van der Waals surface area contributed by atoms with Gasteiger partial charge >= 0.3 is 0 Å². The minimum atomic E-state index is 0.433. The van der Waals surface area contributed by atoms with Crippen molar-refractivity contribution in [2.24, 2.45) is 0 Å². The van der Waals surface area contributed by atoms with E-state index >= 15 is 0 Å². The summed E-state index contributed by atoms with van der Waals surface area (Å²) in [5, 5.41) is 0. The molecule has 0 saturated carbocycles. The maximum atomic E-state index is 5.52. The lowest BCUT2D eigenvalue weighted by atomic mass is 9.94. The van der Waals surface area contributed by atoms with Gasteiger partial charge in [-0.05, 0) is 24.6 Å². The van der Waals surface area contributed by atoms with Gasteiger partial charge in [-0.3, -0.25) is 4.90 Å². The van der Waals surface area contributed by atoms with Crippen molar-refractivity contribution in [1.82, 2.24) is 19.9 Å². The van der Waals surface area contributed by atoms with Gasteiger partial charge in [-0.25, -0.2) is 9.97 Å². The van der Waals surface area contributed by atoms with Gasteiger partial charge < -0.3 is 9.32 Å². The third-order valence-corrected chi connectivity index (χ3v) is 4.75. The smallest absolute Gasteiger partial charge is 0.252 e. The Morgan fingerprint density at radius 3 is 2.88 bits per heavy atom. The van der Waals surface area contributed by atoms with E-state index in [2.05, 4.69) is 63.1 Å². The molecule has 6 nitrogen and oxygen atoms in total. The number of hydrogen-bond donors (Lipinski definition) is 0. The van der Waals surface area contributed by atoms with Crippen LogP contribution in [0.15, 0.2) is 35.0 Å². The quantitative estimate of drug-likeness (QED) is 0.738. The lowest BCUT2D eigenvalue weighted by molar-refractivity contribution is 0.219. The first-order valence-electron chi connectivity index (χ1n) is 8.18. The molecule has 1 aromatic carbocycles. The summed E-state index contributed by atoms with van der Waals surface area (Å²) in [6.45, 7) is 3.69. The van der Waals surface area contributed by atoms with Crippen LogP contribution in [0.25, 0.3) is 11.2 Å². The van der Waals surface area contributed by atoms with Crippen molar-refractivity contribution in [3.63, 3.8) is 0 Å². The number of likely N-dealkylation sites (N-methyl/N-ethyl adjacent to an activating group) is 2. The van der Waals surface area contributed by atoms with Crippen LogP contribution in [-0.2, 0) is 13.0 Å². The number of rotatable bonds is 3. The van der Waals surface area contributed by atoms with Gasteiger partial charge in [-0.1, -0.05) is 24.3 Å². The van der Waals surface area contributed by atoms with Crippen molar-refractivity contribution in [3.05, 3.63) is 47.6 Å². The van der Waals surface area contributed by atoms with Gasteiger partial charge in [0.25, 0.3) is 5.71 Å². The SMILES string of the molecule is Cc1nc2c(N(C)CC3Cc4ccccc4CN3C)ncnc2o1. The molecule has 0 fully saturated rings. The van der Waals surface area contributed by atoms with E-state index in [0.717, 1.165) is 30.8 Å². The van der Waals surface area contributed by atoms with Crippen LogP contribution in [0.2, 0.25) is 0 Å². The van der Waals surface area contributed by atoms with E-state index in [1.807, 2.05) is 6.92 Å². The van der Waals surface area contributed by atoms with E-state index in [-0.39, 0.29) is 0 Å². The zero-order chi connectivity index (χ0) is 16.7. The zero-order valence-electron chi connectivity index (χ0n) is 14.2. The van der Waals surface area contributed by atoms with Crippen LogP contribution in [0.5, 0.6) is 0 Å².